The fourth-order valence-electron chi connectivity index (χ4n) is 1.17. The summed E-state index contributed by atoms with van der Waals surface area (Å²) in [6, 6.07) is 0. The lowest BCUT2D eigenvalue weighted by Gasteiger charge is -2.23. The SMILES string of the molecule is CC(C)P(=O)(OCOCC(=O)C(C)(C)C)OCOC(=O)C(C)(C)C. The lowest BCUT2D eigenvalue weighted by molar-refractivity contribution is -0.160. The fourth-order valence-corrected chi connectivity index (χ4v) is 2.26. The van der Waals surface area contributed by atoms with Crippen LogP contribution < -0.4 is 0 Å². The molecule has 0 aromatic carbocycles. The maximum atomic E-state index is 12.6. The summed E-state index contributed by atoms with van der Waals surface area (Å²) >= 11 is 0. The van der Waals surface area contributed by atoms with Crippen LogP contribution in [0.25, 0.3) is 0 Å². The second-order valence-electron chi connectivity index (χ2n) is 7.83. The summed E-state index contributed by atoms with van der Waals surface area (Å²) in [5.41, 5.74) is -1.64. The van der Waals surface area contributed by atoms with Gasteiger partial charge in [-0.15, -0.1) is 0 Å². The minimum absolute atomic E-state index is 0.0921. The van der Waals surface area contributed by atoms with Gasteiger partial charge >= 0.3 is 13.6 Å². The first-order chi connectivity index (χ1) is 10.7. The summed E-state index contributed by atoms with van der Waals surface area (Å²) in [4.78, 5) is 23.4. The molecule has 142 valence electrons. The van der Waals surface area contributed by atoms with Crippen molar-refractivity contribution in [2.24, 2.45) is 10.8 Å². The van der Waals surface area contributed by atoms with Crippen molar-refractivity contribution in [2.75, 3.05) is 20.2 Å². The molecule has 0 aliphatic carbocycles. The third-order valence-electron chi connectivity index (χ3n) is 3.05. The molecule has 0 fully saturated rings. The number of carbonyl (C=O) groups is 2. The van der Waals surface area contributed by atoms with Gasteiger partial charge in [0.05, 0.1) is 11.1 Å². The minimum Gasteiger partial charge on any atom is -0.438 e. The van der Waals surface area contributed by atoms with Crippen LogP contribution >= 0.6 is 7.60 Å². The summed E-state index contributed by atoms with van der Waals surface area (Å²) in [7, 11) is -3.51. The molecule has 0 spiro atoms. The Hall–Kier alpha value is -0.750. The van der Waals surface area contributed by atoms with Crippen molar-refractivity contribution in [3.05, 3.63) is 0 Å². The van der Waals surface area contributed by atoms with Crippen molar-refractivity contribution in [1.29, 1.82) is 0 Å². The summed E-state index contributed by atoms with van der Waals surface area (Å²) in [6.07, 6.45) is 0. The third kappa shape index (κ3) is 8.38. The van der Waals surface area contributed by atoms with Crippen molar-refractivity contribution < 1.29 is 32.7 Å². The van der Waals surface area contributed by atoms with E-state index in [1.54, 1.807) is 55.4 Å². The Bertz CT molecular complexity index is 472. The highest BCUT2D eigenvalue weighted by atomic mass is 31.2. The van der Waals surface area contributed by atoms with Crippen LogP contribution in [0, 0.1) is 10.8 Å². The van der Waals surface area contributed by atoms with Gasteiger partial charge in [-0.2, -0.15) is 0 Å². The molecule has 24 heavy (non-hydrogen) atoms. The van der Waals surface area contributed by atoms with Crippen molar-refractivity contribution in [1.82, 2.24) is 0 Å². The quantitative estimate of drug-likeness (QED) is 0.266. The van der Waals surface area contributed by atoms with E-state index in [1.807, 2.05) is 0 Å². The Balaban J connectivity index is 4.40. The first-order valence-electron chi connectivity index (χ1n) is 7.87. The third-order valence-corrected chi connectivity index (χ3v) is 5.25. The van der Waals surface area contributed by atoms with Crippen LogP contribution in [-0.4, -0.2) is 37.6 Å². The molecular formula is C16H31O7P. The maximum absolute atomic E-state index is 12.6. The predicted octanol–water partition coefficient (Wildman–Crippen LogP) is 3.76. The fraction of sp³-hybridized carbons (Fsp3) is 0.875. The van der Waals surface area contributed by atoms with Crippen LogP contribution in [0.3, 0.4) is 0 Å². The molecule has 0 radical (unpaired) electrons. The molecule has 0 saturated carbocycles. The molecular weight excluding hydrogens is 335 g/mol. The van der Waals surface area contributed by atoms with Crippen molar-refractivity contribution >= 4 is 19.3 Å². The van der Waals surface area contributed by atoms with Crippen molar-refractivity contribution in [3.63, 3.8) is 0 Å². The highest BCUT2D eigenvalue weighted by Gasteiger charge is 2.31. The molecule has 0 bridgehead atoms. The van der Waals surface area contributed by atoms with Crippen LogP contribution in [0.2, 0.25) is 0 Å². The molecule has 0 aromatic heterocycles. The Morgan fingerprint density at radius 3 is 1.83 bits per heavy atom. The second-order valence-corrected chi connectivity index (χ2v) is 10.5. The minimum atomic E-state index is -3.51. The molecule has 0 rings (SSSR count). The van der Waals surface area contributed by atoms with E-state index in [0.29, 0.717) is 0 Å². The maximum Gasteiger partial charge on any atom is 0.338 e. The lowest BCUT2D eigenvalue weighted by Crippen LogP contribution is -2.25. The van der Waals surface area contributed by atoms with Crippen molar-refractivity contribution in [3.8, 4) is 0 Å². The number of hydrogen-bond donors (Lipinski definition) is 0. The van der Waals surface area contributed by atoms with Gasteiger partial charge in [0, 0.05) is 5.41 Å². The van der Waals surface area contributed by atoms with Crippen molar-refractivity contribution in [2.45, 2.75) is 61.0 Å². The van der Waals surface area contributed by atoms with E-state index in [-0.39, 0.29) is 19.2 Å². The summed E-state index contributed by atoms with van der Waals surface area (Å²) in [6.45, 7) is 12.8. The molecule has 1 unspecified atom stereocenters. The van der Waals surface area contributed by atoms with Gasteiger partial charge in [0.25, 0.3) is 0 Å². The monoisotopic (exact) mass is 366 g/mol. The number of Topliss-reactive ketones (excluding diaryl/α,β-unsaturated/α-hetero) is 1. The summed E-state index contributed by atoms with van der Waals surface area (Å²) < 4.78 is 33.0. The molecule has 0 heterocycles. The Labute approximate surface area is 144 Å². The average Bonchev–Trinajstić information content (AvgIpc) is 2.40. The molecule has 0 aliphatic heterocycles. The van der Waals surface area contributed by atoms with Gasteiger partial charge in [-0.05, 0) is 20.8 Å². The van der Waals surface area contributed by atoms with Gasteiger partial charge < -0.3 is 9.47 Å². The first kappa shape index (κ1) is 23.2. The van der Waals surface area contributed by atoms with E-state index in [2.05, 4.69) is 0 Å². The molecule has 0 saturated heterocycles. The van der Waals surface area contributed by atoms with E-state index in [9.17, 15) is 14.2 Å². The Kier molecular flexibility index (Phi) is 8.80. The molecule has 0 aromatic rings. The zero-order valence-electron chi connectivity index (χ0n) is 16.0. The summed E-state index contributed by atoms with van der Waals surface area (Å²) in [5, 5.41) is 0. The standard InChI is InChI=1S/C16H31O7P/c1-12(2)24(19,23-11-21-14(18)16(6,7)8)22-10-20-9-13(17)15(3,4)5/h12H,9-11H2,1-8H3. The molecule has 0 amide bonds. The largest absolute Gasteiger partial charge is 0.438 e. The molecule has 0 N–H and O–H groups in total. The number of hydrogen-bond acceptors (Lipinski definition) is 7. The van der Waals surface area contributed by atoms with Crippen LogP contribution in [-0.2, 0) is 32.7 Å². The van der Waals surface area contributed by atoms with E-state index in [0.717, 1.165) is 0 Å². The highest BCUT2D eigenvalue weighted by molar-refractivity contribution is 7.54. The highest BCUT2D eigenvalue weighted by Crippen LogP contribution is 2.52. The van der Waals surface area contributed by atoms with E-state index in [4.69, 9.17) is 18.5 Å². The zero-order chi connectivity index (χ0) is 19.2. The van der Waals surface area contributed by atoms with Crippen LogP contribution in [0.1, 0.15) is 55.4 Å². The normalized spacial score (nSPS) is 15.2. The zero-order valence-corrected chi connectivity index (χ0v) is 16.9. The predicted molar refractivity (Wildman–Crippen MR) is 90.6 cm³/mol. The van der Waals surface area contributed by atoms with Gasteiger partial charge in [-0.25, -0.2) is 0 Å². The Morgan fingerprint density at radius 2 is 1.42 bits per heavy atom. The van der Waals surface area contributed by atoms with E-state index < -0.39 is 36.8 Å². The van der Waals surface area contributed by atoms with Gasteiger partial charge in [0.15, 0.2) is 12.6 Å². The number of carbonyl (C=O) groups excluding carboxylic acids is 2. The number of ketones is 1. The van der Waals surface area contributed by atoms with E-state index >= 15 is 0 Å². The van der Waals surface area contributed by atoms with Crippen LogP contribution in [0.4, 0.5) is 0 Å². The lowest BCUT2D eigenvalue weighted by atomic mass is 9.91. The van der Waals surface area contributed by atoms with Crippen LogP contribution in [0.15, 0.2) is 0 Å². The second kappa shape index (κ2) is 9.09. The summed E-state index contributed by atoms with van der Waals surface area (Å²) in [5.74, 6) is -0.560. The molecule has 8 heteroatoms. The number of rotatable bonds is 9. The van der Waals surface area contributed by atoms with Gasteiger partial charge in [-0.1, -0.05) is 34.6 Å². The topological polar surface area (TPSA) is 88.1 Å². The first-order valence-corrected chi connectivity index (χ1v) is 9.48. The van der Waals surface area contributed by atoms with Crippen LogP contribution in [0.5, 0.6) is 0 Å². The molecule has 7 nitrogen and oxygen atoms in total. The Morgan fingerprint density at radius 1 is 0.917 bits per heavy atom. The molecule has 0 aliphatic rings. The van der Waals surface area contributed by atoms with Gasteiger partial charge in [0.1, 0.15) is 6.61 Å². The molecule has 1 atom stereocenters. The van der Waals surface area contributed by atoms with Gasteiger partial charge in [0.2, 0.25) is 6.79 Å². The average molecular weight is 366 g/mol. The van der Waals surface area contributed by atoms with E-state index in [1.165, 1.54) is 0 Å². The van der Waals surface area contributed by atoms with Gasteiger partial charge in [-0.3, -0.25) is 23.2 Å². The number of esters is 1. The smallest absolute Gasteiger partial charge is 0.338 e. The number of ether oxygens (including phenoxy) is 2.